The molecule has 56 heavy (non-hydrogen) atoms. The largest absolute Gasteiger partial charge is 0.461 e. The lowest BCUT2D eigenvalue weighted by molar-refractivity contribution is -0.170. The summed E-state index contributed by atoms with van der Waals surface area (Å²) >= 11 is 0. The van der Waals surface area contributed by atoms with Crippen LogP contribution in [-0.2, 0) is 4.74 Å². The van der Waals surface area contributed by atoms with Gasteiger partial charge < -0.3 is 24.6 Å². The van der Waals surface area contributed by atoms with Crippen LogP contribution in [0.3, 0.4) is 0 Å². The van der Waals surface area contributed by atoms with Crippen molar-refractivity contribution in [2.75, 3.05) is 50.8 Å². The molecule has 5 saturated heterocycles. The fourth-order valence-electron chi connectivity index (χ4n) is 9.58. The van der Waals surface area contributed by atoms with Crippen LogP contribution in [0, 0.1) is 29.9 Å². The number of anilines is 1. The summed E-state index contributed by atoms with van der Waals surface area (Å²) in [5, 5.41) is 5.05. The molecule has 0 aliphatic carbocycles. The molecule has 5 unspecified atom stereocenters. The SMILES string of the molecule is C#Cc1c(F)ccc2cccc(-c3ncc4c(N5CC6CCC(C5)N6)nc(OCC56CCC(COC(=O)N7CCC(C(F)(F)F)C7)N5CC(=C)C6)nc4c3F)c12. The van der Waals surface area contributed by atoms with Gasteiger partial charge in [0.2, 0.25) is 0 Å². The lowest BCUT2D eigenvalue weighted by atomic mass is 9.94. The van der Waals surface area contributed by atoms with E-state index in [4.69, 9.17) is 20.9 Å². The number of benzene rings is 2. The summed E-state index contributed by atoms with van der Waals surface area (Å²) in [6, 6.07) is 8.36. The molecule has 2 bridgehead atoms. The lowest BCUT2D eigenvalue weighted by Crippen LogP contribution is -2.51. The first-order valence-corrected chi connectivity index (χ1v) is 19.0. The summed E-state index contributed by atoms with van der Waals surface area (Å²) in [6.07, 6.45) is 6.03. The maximum Gasteiger partial charge on any atom is 0.409 e. The van der Waals surface area contributed by atoms with Crippen LogP contribution in [0.1, 0.15) is 44.1 Å². The second-order valence-electron chi connectivity index (χ2n) is 15.8. The quantitative estimate of drug-likeness (QED) is 0.127. The number of piperazine rings is 1. The number of carbonyl (C=O) groups excluding carboxylic acids is 1. The molecular weight excluding hydrogens is 733 g/mol. The molecule has 1 amide bonds. The second-order valence-corrected chi connectivity index (χ2v) is 15.8. The van der Waals surface area contributed by atoms with E-state index < -0.39 is 41.9 Å². The molecular formula is C41H40F5N7O3. The second kappa shape index (κ2) is 13.8. The number of ether oxygens (including phenoxy) is 2. The van der Waals surface area contributed by atoms with E-state index in [1.54, 1.807) is 30.5 Å². The van der Waals surface area contributed by atoms with Crippen molar-refractivity contribution >= 4 is 33.6 Å². The number of terminal acetylenes is 1. The van der Waals surface area contributed by atoms with Crippen LogP contribution in [0.25, 0.3) is 32.9 Å². The third-order valence-corrected chi connectivity index (χ3v) is 12.3. The zero-order valence-corrected chi connectivity index (χ0v) is 30.5. The molecule has 10 nitrogen and oxygen atoms in total. The van der Waals surface area contributed by atoms with E-state index in [-0.39, 0.29) is 67.1 Å². The molecule has 2 aromatic heterocycles. The van der Waals surface area contributed by atoms with Crippen molar-refractivity contribution in [3.05, 3.63) is 65.9 Å². The minimum absolute atomic E-state index is 0.000437. The number of aromatic nitrogens is 3. The van der Waals surface area contributed by atoms with E-state index in [0.29, 0.717) is 66.4 Å². The highest BCUT2D eigenvalue weighted by molar-refractivity contribution is 6.02. The number of alkyl halides is 3. The van der Waals surface area contributed by atoms with E-state index in [1.165, 1.54) is 6.07 Å². The van der Waals surface area contributed by atoms with E-state index in [9.17, 15) is 22.4 Å². The zero-order chi connectivity index (χ0) is 38.9. The van der Waals surface area contributed by atoms with Crippen LogP contribution >= 0.6 is 0 Å². The number of hydrogen-bond acceptors (Lipinski definition) is 9. The molecule has 0 saturated carbocycles. The molecule has 5 atom stereocenters. The summed E-state index contributed by atoms with van der Waals surface area (Å²) in [5.74, 6) is 0.0684. The molecule has 0 spiro atoms. The first-order valence-electron chi connectivity index (χ1n) is 19.0. The molecule has 15 heteroatoms. The van der Waals surface area contributed by atoms with Crippen molar-refractivity contribution in [3.8, 4) is 29.6 Å². The normalized spacial score (nSPS) is 26.3. The molecule has 1 N–H and O–H groups in total. The summed E-state index contributed by atoms with van der Waals surface area (Å²) in [5.41, 5.74) is 0.755. The van der Waals surface area contributed by atoms with Gasteiger partial charge in [0, 0.05) is 68.0 Å². The molecule has 0 radical (unpaired) electrons. The van der Waals surface area contributed by atoms with E-state index >= 15 is 4.39 Å². The Bertz CT molecular complexity index is 2290. The fourth-order valence-corrected chi connectivity index (χ4v) is 9.58. The molecule has 292 valence electrons. The van der Waals surface area contributed by atoms with Gasteiger partial charge in [0.1, 0.15) is 36.1 Å². The first-order chi connectivity index (χ1) is 26.9. The van der Waals surface area contributed by atoms with E-state index in [1.807, 2.05) is 0 Å². The zero-order valence-electron chi connectivity index (χ0n) is 30.5. The number of pyridine rings is 1. The topological polar surface area (TPSA) is 96.0 Å². The maximum atomic E-state index is 17.0. The predicted octanol–water partition coefficient (Wildman–Crippen LogP) is 6.61. The molecule has 5 aliphatic rings. The van der Waals surface area contributed by atoms with Crippen LogP contribution < -0.4 is 15.0 Å². The minimum Gasteiger partial charge on any atom is -0.461 e. The predicted molar refractivity (Wildman–Crippen MR) is 199 cm³/mol. The van der Waals surface area contributed by atoms with Crippen molar-refractivity contribution in [1.82, 2.24) is 30.1 Å². The number of likely N-dealkylation sites (tertiary alicyclic amines) is 1. The molecule has 5 aliphatic heterocycles. The van der Waals surface area contributed by atoms with Crippen LogP contribution in [0.4, 0.5) is 32.6 Å². The van der Waals surface area contributed by atoms with Crippen molar-refractivity contribution in [3.63, 3.8) is 0 Å². The highest BCUT2D eigenvalue weighted by Crippen LogP contribution is 2.45. The monoisotopic (exact) mass is 773 g/mol. The Kier molecular flexibility index (Phi) is 9.04. The van der Waals surface area contributed by atoms with Crippen LogP contribution in [0.5, 0.6) is 6.01 Å². The third-order valence-electron chi connectivity index (χ3n) is 12.3. The Labute approximate surface area is 320 Å². The average Bonchev–Trinajstić information content (AvgIpc) is 3.96. The lowest BCUT2D eigenvalue weighted by Gasteiger charge is -2.35. The number of rotatable bonds is 7. The summed E-state index contributed by atoms with van der Waals surface area (Å²) in [7, 11) is 0. The average molecular weight is 774 g/mol. The number of nitrogens with one attached hydrogen (secondary N) is 1. The Morgan fingerprint density at radius 1 is 1.07 bits per heavy atom. The van der Waals surface area contributed by atoms with E-state index in [2.05, 4.69) is 37.6 Å². The summed E-state index contributed by atoms with van der Waals surface area (Å²) in [4.78, 5) is 32.3. The Balaban J connectivity index is 1.01. The number of carbonyl (C=O) groups is 1. The number of nitrogens with zero attached hydrogens (tertiary/aromatic N) is 6. The van der Waals surface area contributed by atoms with E-state index in [0.717, 1.165) is 23.3 Å². The van der Waals surface area contributed by atoms with Gasteiger partial charge in [0.15, 0.2) is 5.82 Å². The number of amides is 1. The smallest absolute Gasteiger partial charge is 0.409 e. The Morgan fingerprint density at radius 3 is 2.62 bits per heavy atom. The van der Waals surface area contributed by atoms with Crippen LogP contribution in [0.2, 0.25) is 0 Å². The first kappa shape index (κ1) is 36.6. The van der Waals surface area contributed by atoms with Gasteiger partial charge >= 0.3 is 18.3 Å². The van der Waals surface area contributed by atoms with Gasteiger partial charge in [0.25, 0.3) is 0 Å². The number of hydrogen-bond donors (Lipinski definition) is 1. The van der Waals surface area contributed by atoms with Crippen molar-refractivity contribution in [2.24, 2.45) is 5.92 Å². The number of fused-ring (bicyclic) bond motifs is 5. The van der Waals surface area contributed by atoms with Gasteiger partial charge in [0.05, 0.1) is 22.4 Å². The highest BCUT2D eigenvalue weighted by Gasteiger charge is 2.52. The summed E-state index contributed by atoms with van der Waals surface area (Å²) < 4.78 is 83.6. The van der Waals surface area contributed by atoms with Gasteiger partial charge in [-0.25, -0.2) is 13.6 Å². The third kappa shape index (κ3) is 6.36. The van der Waals surface area contributed by atoms with Gasteiger partial charge in [-0.05, 0) is 50.0 Å². The fraction of sp³-hybridized carbons (Fsp3) is 0.463. The van der Waals surface area contributed by atoms with Crippen molar-refractivity contribution in [2.45, 2.75) is 68.4 Å². The van der Waals surface area contributed by atoms with Crippen molar-refractivity contribution in [1.29, 1.82) is 0 Å². The van der Waals surface area contributed by atoms with Gasteiger partial charge in [-0.1, -0.05) is 42.3 Å². The maximum absolute atomic E-state index is 17.0. The highest BCUT2D eigenvalue weighted by atomic mass is 19.4. The van der Waals surface area contributed by atoms with Crippen LogP contribution in [-0.4, -0.2) is 107 Å². The van der Waals surface area contributed by atoms with Gasteiger partial charge in [-0.15, -0.1) is 6.42 Å². The minimum atomic E-state index is -4.36. The van der Waals surface area contributed by atoms with Crippen LogP contribution in [0.15, 0.2) is 48.7 Å². The Morgan fingerprint density at radius 2 is 1.88 bits per heavy atom. The number of halogens is 5. The van der Waals surface area contributed by atoms with Gasteiger partial charge in [-0.3, -0.25) is 9.88 Å². The molecule has 2 aromatic carbocycles. The Hall–Kier alpha value is -5.07. The molecule has 5 fully saturated rings. The summed E-state index contributed by atoms with van der Waals surface area (Å²) in [6.45, 7) is 5.84. The molecule has 4 aromatic rings. The standard InChI is InChI=1S/C41H40F5N7O3/c1-3-29-32(42)10-7-24-5-4-6-30(33(24)29)35-34(43)36-31(16-47-35)37(52-19-26-8-9-27(20-52)48-26)50-38(49-36)56-22-40-13-11-28(53(40)17-23(2)15-40)21-55-39(54)51-14-12-25(18-51)41(44,45)46/h1,4-7,10,16,25-28,48H,2,8-9,11-15,17-22H2. The molecule has 7 heterocycles. The molecule has 9 rings (SSSR count). The van der Waals surface area contributed by atoms with Crippen molar-refractivity contribution < 1.29 is 36.2 Å². The van der Waals surface area contributed by atoms with Gasteiger partial charge in [-0.2, -0.15) is 23.1 Å².